The van der Waals surface area contributed by atoms with Crippen molar-refractivity contribution >= 4 is 72.5 Å². The fraction of sp³-hybridized carbons (Fsp3) is 0.0909. The molecule has 0 amide bonds. The first kappa shape index (κ1) is 44.3. The lowest BCUT2D eigenvalue weighted by atomic mass is 9.33. The van der Waals surface area contributed by atoms with Crippen LogP contribution in [0.15, 0.2) is 206 Å². The van der Waals surface area contributed by atoms with Gasteiger partial charge in [-0.2, -0.15) is 0 Å². The molecule has 0 radical (unpaired) electrons. The molecular formula is C66H53BFNO. The number of anilines is 3. The number of hydrogen-bond acceptors (Lipinski definition) is 2. The van der Waals surface area contributed by atoms with Crippen LogP contribution in [0.25, 0.3) is 65.7 Å². The normalized spacial score (nSPS) is 11.4. The van der Waals surface area contributed by atoms with E-state index in [0.717, 1.165) is 60.4 Å². The number of phenols is 1. The van der Waals surface area contributed by atoms with Crippen LogP contribution in [-0.4, -0.2) is 11.8 Å². The molecular weight excluding hydrogens is 853 g/mol. The summed E-state index contributed by atoms with van der Waals surface area (Å²) in [6.45, 7) is 13.4. The summed E-state index contributed by atoms with van der Waals surface area (Å²) in [6.07, 6.45) is 0. The Morgan fingerprint density at radius 3 is 1.43 bits per heavy atom. The van der Waals surface area contributed by atoms with Crippen LogP contribution in [0.3, 0.4) is 0 Å². The summed E-state index contributed by atoms with van der Waals surface area (Å²) in [4.78, 5) is 1.93. The van der Waals surface area contributed by atoms with Gasteiger partial charge in [-0.25, -0.2) is 4.39 Å². The third kappa shape index (κ3) is 7.80. The maximum atomic E-state index is 17.3. The van der Waals surface area contributed by atoms with Crippen molar-refractivity contribution in [3.05, 3.63) is 245 Å². The van der Waals surface area contributed by atoms with Crippen LogP contribution >= 0.6 is 0 Å². The topological polar surface area (TPSA) is 23.5 Å². The van der Waals surface area contributed by atoms with Crippen LogP contribution in [0.4, 0.5) is 21.5 Å². The molecule has 11 aromatic rings. The summed E-state index contributed by atoms with van der Waals surface area (Å²) in [5.41, 5.74) is 18.4. The average Bonchev–Trinajstić information content (AvgIpc) is 3.36. The largest absolute Gasteiger partial charge is 0.507 e. The van der Waals surface area contributed by atoms with Crippen molar-refractivity contribution in [1.29, 1.82) is 0 Å². The number of aromatic hydroxyl groups is 1. The monoisotopic (exact) mass is 905 g/mol. The minimum atomic E-state index is -0.373. The van der Waals surface area contributed by atoms with Gasteiger partial charge in [0.15, 0.2) is 0 Å². The molecule has 0 saturated carbocycles. The highest BCUT2D eigenvalue weighted by molar-refractivity contribution is 6.98. The Hall–Kier alpha value is -8.21. The molecule has 0 aliphatic carbocycles. The quantitative estimate of drug-likeness (QED) is 0.115. The Labute approximate surface area is 411 Å². The third-order valence-corrected chi connectivity index (χ3v) is 14.3. The molecule has 1 N–H and O–H groups in total. The highest BCUT2D eigenvalue weighted by Crippen LogP contribution is 2.47. The van der Waals surface area contributed by atoms with Gasteiger partial charge in [0.25, 0.3) is 0 Å². The molecule has 0 saturated heterocycles. The molecule has 338 valence electrons. The van der Waals surface area contributed by atoms with E-state index in [1.54, 1.807) is 12.1 Å². The van der Waals surface area contributed by atoms with Crippen LogP contribution in [0, 0.1) is 47.4 Å². The molecule has 70 heavy (non-hydrogen) atoms. The minimum absolute atomic E-state index is 0.0140. The van der Waals surface area contributed by atoms with Crippen molar-refractivity contribution in [2.24, 2.45) is 0 Å². The number of aryl methyl sites for hydroxylation is 6. The lowest BCUT2D eigenvalue weighted by Gasteiger charge is -2.29. The molecule has 0 atom stereocenters. The van der Waals surface area contributed by atoms with Gasteiger partial charge in [0.2, 0.25) is 6.71 Å². The summed E-state index contributed by atoms with van der Waals surface area (Å²) in [5, 5.41) is 19.3. The lowest BCUT2D eigenvalue weighted by Crippen LogP contribution is -2.56. The van der Waals surface area contributed by atoms with Crippen LogP contribution in [-0.2, 0) is 0 Å². The summed E-state index contributed by atoms with van der Waals surface area (Å²) in [6, 6.07) is 70.6. The van der Waals surface area contributed by atoms with Crippen molar-refractivity contribution in [1.82, 2.24) is 0 Å². The van der Waals surface area contributed by atoms with Gasteiger partial charge in [-0.15, -0.1) is 0 Å². The zero-order valence-electron chi connectivity index (χ0n) is 40.5. The molecule has 0 aliphatic rings. The molecule has 11 aromatic carbocycles. The number of fused-ring (bicyclic) bond motifs is 5. The second-order valence-electron chi connectivity index (χ2n) is 19.1. The van der Waals surface area contributed by atoms with Crippen LogP contribution in [0.5, 0.6) is 5.75 Å². The molecule has 0 heterocycles. The van der Waals surface area contributed by atoms with Gasteiger partial charge in [0, 0.05) is 28.6 Å². The van der Waals surface area contributed by atoms with Gasteiger partial charge in [0.05, 0.1) is 5.69 Å². The number of phenolic OH excluding ortho intramolecular Hbond substituents is 1. The summed E-state index contributed by atoms with van der Waals surface area (Å²) >= 11 is 0. The van der Waals surface area contributed by atoms with E-state index < -0.39 is 0 Å². The molecule has 0 unspecified atom stereocenters. The van der Waals surface area contributed by atoms with Gasteiger partial charge in [-0.1, -0.05) is 207 Å². The summed E-state index contributed by atoms with van der Waals surface area (Å²) in [7, 11) is 0. The van der Waals surface area contributed by atoms with Gasteiger partial charge in [0.1, 0.15) is 11.6 Å². The number of nitrogens with zero attached hydrogens (tertiary/aromatic N) is 1. The van der Waals surface area contributed by atoms with Crippen LogP contribution in [0.1, 0.15) is 33.4 Å². The molecule has 0 aromatic heterocycles. The highest BCUT2D eigenvalue weighted by atomic mass is 19.1. The first-order valence-corrected chi connectivity index (χ1v) is 24.2. The molecule has 0 spiro atoms. The van der Waals surface area contributed by atoms with Crippen molar-refractivity contribution in [2.45, 2.75) is 41.5 Å². The molecule has 11 rings (SSSR count). The fourth-order valence-corrected chi connectivity index (χ4v) is 11.5. The predicted molar refractivity (Wildman–Crippen MR) is 298 cm³/mol. The standard InChI is InChI=1S/C66H53BFNO/c1-41-32-43(3)64(44(4)33-41)67(65-45(5)34-42(2)35-46(65)6)61-40-60-53-27-17-16-26-52(53)58(39-59(60)54-28-18-19-29-55(54)61)56-31-30-51(38-63(56)70)69(50-24-14-9-15-25-50)66-57(48-22-12-8-13-23-48)36-49(37-62(66)68)47-20-10-7-11-21-47/h7-40,70H,1-6H3. The number of benzene rings is 11. The maximum absolute atomic E-state index is 17.3. The van der Waals surface area contributed by atoms with Crippen LogP contribution in [0.2, 0.25) is 0 Å². The second-order valence-corrected chi connectivity index (χ2v) is 19.1. The molecule has 0 aliphatic heterocycles. The molecule has 0 bridgehead atoms. The lowest BCUT2D eigenvalue weighted by molar-refractivity contribution is 0.477. The van der Waals surface area contributed by atoms with Crippen molar-refractivity contribution in [3.8, 4) is 39.1 Å². The zero-order valence-corrected chi connectivity index (χ0v) is 40.5. The van der Waals surface area contributed by atoms with E-state index in [2.05, 4.69) is 133 Å². The highest BCUT2D eigenvalue weighted by Gasteiger charge is 2.31. The van der Waals surface area contributed by atoms with E-state index in [1.807, 2.05) is 108 Å². The van der Waals surface area contributed by atoms with Gasteiger partial charge >= 0.3 is 0 Å². The molecule has 2 nitrogen and oxygen atoms in total. The Morgan fingerprint density at radius 2 is 0.857 bits per heavy atom. The van der Waals surface area contributed by atoms with E-state index in [9.17, 15) is 5.11 Å². The van der Waals surface area contributed by atoms with E-state index >= 15 is 4.39 Å². The van der Waals surface area contributed by atoms with E-state index in [4.69, 9.17) is 0 Å². The Balaban J connectivity index is 1.12. The van der Waals surface area contributed by atoms with Crippen molar-refractivity contribution in [2.75, 3.05) is 4.90 Å². The van der Waals surface area contributed by atoms with E-state index in [1.165, 1.54) is 55.2 Å². The Kier molecular flexibility index (Phi) is 11.4. The summed E-state index contributed by atoms with van der Waals surface area (Å²) < 4.78 is 17.3. The average molecular weight is 906 g/mol. The summed E-state index contributed by atoms with van der Waals surface area (Å²) in [5.74, 6) is -0.274. The van der Waals surface area contributed by atoms with Crippen molar-refractivity contribution in [3.63, 3.8) is 0 Å². The molecule has 0 fully saturated rings. The van der Waals surface area contributed by atoms with Crippen molar-refractivity contribution < 1.29 is 9.50 Å². The number of para-hydroxylation sites is 1. The number of halogens is 1. The third-order valence-electron chi connectivity index (χ3n) is 14.3. The fourth-order valence-electron chi connectivity index (χ4n) is 11.5. The van der Waals surface area contributed by atoms with E-state index in [0.29, 0.717) is 16.9 Å². The Bertz CT molecular complexity index is 3710. The SMILES string of the molecule is Cc1cc(C)c(B(c2c(C)cc(C)cc2C)c2cc3c4ccccc4c(-c4ccc(N(c5ccccc5)c5c(F)cc(-c6ccccc6)cc5-c5ccccc5)cc4O)cc3c3ccccc23)c(C)c1. The second kappa shape index (κ2) is 18.0. The van der Waals surface area contributed by atoms with Gasteiger partial charge in [-0.05, 0) is 139 Å². The maximum Gasteiger partial charge on any atom is 0.243 e. The molecule has 4 heteroatoms. The number of rotatable bonds is 9. The van der Waals surface area contributed by atoms with E-state index in [-0.39, 0.29) is 18.3 Å². The van der Waals surface area contributed by atoms with Gasteiger partial charge in [-0.3, -0.25) is 0 Å². The predicted octanol–water partition coefficient (Wildman–Crippen LogP) is 15.8. The first-order valence-electron chi connectivity index (χ1n) is 24.2. The number of hydrogen-bond donors (Lipinski definition) is 1. The smallest absolute Gasteiger partial charge is 0.243 e. The minimum Gasteiger partial charge on any atom is -0.507 e. The Morgan fingerprint density at radius 1 is 0.371 bits per heavy atom. The van der Waals surface area contributed by atoms with Gasteiger partial charge < -0.3 is 10.0 Å². The first-order chi connectivity index (χ1) is 34.0. The zero-order chi connectivity index (χ0) is 48.2. The van der Waals surface area contributed by atoms with Crippen LogP contribution < -0.4 is 21.3 Å².